The Hall–Kier alpha value is -2.54. The van der Waals surface area contributed by atoms with E-state index in [0.29, 0.717) is 17.8 Å². The van der Waals surface area contributed by atoms with E-state index in [2.05, 4.69) is 20.4 Å². The van der Waals surface area contributed by atoms with Crippen molar-refractivity contribution in [1.29, 1.82) is 0 Å². The number of amides is 1. The quantitative estimate of drug-likeness (QED) is 0.868. The number of carbonyl (C=O) groups is 1. The molecule has 7 heteroatoms. The highest BCUT2D eigenvalue weighted by Gasteiger charge is 2.28. The lowest BCUT2D eigenvalue weighted by atomic mass is 10.0. The molecular formula is C18H21FN4O2. The molecule has 25 heavy (non-hydrogen) atoms. The van der Waals surface area contributed by atoms with Crippen molar-refractivity contribution < 1.29 is 14.3 Å². The largest absolute Gasteiger partial charge is 0.388 e. The Morgan fingerprint density at radius 2 is 2.08 bits per heavy atom. The van der Waals surface area contributed by atoms with Crippen molar-refractivity contribution >= 4 is 11.7 Å². The van der Waals surface area contributed by atoms with Crippen LogP contribution >= 0.6 is 0 Å². The van der Waals surface area contributed by atoms with E-state index < -0.39 is 6.10 Å². The normalized spacial score (nSPS) is 18.2. The first kappa shape index (κ1) is 17.3. The average Bonchev–Trinajstić information content (AvgIpc) is 3.09. The maximum Gasteiger partial charge on any atom is 0.271 e. The summed E-state index contributed by atoms with van der Waals surface area (Å²) in [6.45, 7) is 0.828. The Morgan fingerprint density at radius 1 is 1.32 bits per heavy atom. The van der Waals surface area contributed by atoms with Gasteiger partial charge in [-0.1, -0.05) is 12.1 Å². The zero-order valence-corrected chi connectivity index (χ0v) is 14.0. The molecule has 1 saturated heterocycles. The van der Waals surface area contributed by atoms with Crippen LogP contribution in [0.5, 0.6) is 0 Å². The lowest BCUT2D eigenvalue weighted by Crippen LogP contribution is -2.32. The van der Waals surface area contributed by atoms with Crippen LogP contribution in [-0.2, 0) is 0 Å². The number of hydrogen-bond donors (Lipinski definition) is 2. The van der Waals surface area contributed by atoms with Crippen LogP contribution in [0.2, 0.25) is 0 Å². The Bertz CT molecular complexity index is 721. The molecule has 0 radical (unpaired) electrons. The molecule has 0 spiro atoms. The number of halogens is 1. The second kappa shape index (κ2) is 7.57. The van der Waals surface area contributed by atoms with Crippen LogP contribution in [0.25, 0.3) is 0 Å². The molecule has 0 bridgehead atoms. The summed E-state index contributed by atoms with van der Waals surface area (Å²) >= 11 is 0. The van der Waals surface area contributed by atoms with Gasteiger partial charge in [0.25, 0.3) is 5.91 Å². The summed E-state index contributed by atoms with van der Waals surface area (Å²) in [7, 11) is 1.55. The van der Waals surface area contributed by atoms with Crippen LogP contribution in [0, 0.1) is 5.82 Å². The van der Waals surface area contributed by atoms with Gasteiger partial charge in [0.05, 0.1) is 6.10 Å². The molecule has 1 aromatic carbocycles. The van der Waals surface area contributed by atoms with E-state index in [9.17, 15) is 14.3 Å². The molecule has 2 atom stereocenters. The second-order valence-corrected chi connectivity index (χ2v) is 6.15. The summed E-state index contributed by atoms with van der Waals surface area (Å²) in [4.78, 5) is 13.7. The van der Waals surface area contributed by atoms with Crippen molar-refractivity contribution in [3.05, 3.63) is 53.5 Å². The monoisotopic (exact) mass is 344 g/mol. The SMILES string of the molecule is CNC(=O)c1ccc(N2CCC[C@H]2C[C@H](O)c2ccc(F)cc2)nn1. The molecular weight excluding hydrogens is 323 g/mol. The maximum atomic E-state index is 13.0. The minimum atomic E-state index is -0.663. The summed E-state index contributed by atoms with van der Waals surface area (Å²) in [5, 5.41) is 21.1. The number of nitrogens with zero attached hydrogens (tertiary/aromatic N) is 3. The van der Waals surface area contributed by atoms with Crippen LogP contribution in [0.15, 0.2) is 36.4 Å². The van der Waals surface area contributed by atoms with E-state index in [4.69, 9.17) is 0 Å². The Morgan fingerprint density at radius 3 is 2.72 bits per heavy atom. The first-order valence-electron chi connectivity index (χ1n) is 8.34. The average molecular weight is 344 g/mol. The number of nitrogens with one attached hydrogen (secondary N) is 1. The summed E-state index contributed by atoms with van der Waals surface area (Å²) < 4.78 is 13.0. The van der Waals surface area contributed by atoms with Crippen molar-refractivity contribution in [2.24, 2.45) is 0 Å². The van der Waals surface area contributed by atoms with Gasteiger partial charge in [0.2, 0.25) is 0 Å². The van der Waals surface area contributed by atoms with Gasteiger partial charge in [0.15, 0.2) is 11.5 Å². The minimum Gasteiger partial charge on any atom is -0.388 e. The molecule has 3 rings (SSSR count). The minimum absolute atomic E-state index is 0.125. The first-order chi connectivity index (χ1) is 12.1. The molecule has 0 saturated carbocycles. The standard InChI is InChI=1S/C18H21FN4O2/c1-20-18(25)15-8-9-17(22-21-15)23-10-2-3-14(23)11-16(24)12-4-6-13(19)7-5-12/h4-9,14,16,24H,2-3,10-11H2,1H3,(H,20,25)/t14-,16-/m0/s1. The number of aromatic nitrogens is 2. The topological polar surface area (TPSA) is 78.4 Å². The molecule has 1 fully saturated rings. The van der Waals surface area contributed by atoms with Crippen molar-refractivity contribution in [1.82, 2.24) is 15.5 Å². The van der Waals surface area contributed by atoms with Crippen LogP contribution in [0.4, 0.5) is 10.2 Å². The highest BCUT2D eigenvalue weighted by Crippen LogP contribution is 2.30. The number of aliphatic hydroxyl groups is 1. The van der Waals surface area contributed by atoms with E-state index in [1.807, 2.05) is 0 Å². The first-order valence-corrected chi connectivity index (χ1v) is 8.34. The molecule has 2 aromatic rings. The number of benzene rings is 1. The molecule has 1 aliphatic heterocycles. The Labute approximate surface area is 145 Å². The molecule has 2 N–H and O–H groups in total. The fraction of sp³-hybridized carbons (Fsp3) is 0.389. The molecule has 0 aliphatic carbocycles. The lowest BCUT2D eigenvalue weighted by molar-refractivity contribution is 0.0957. The van der Waals surface area contributed by atoms with Gasteiger partial charge >= 0.3 is 0 Å². The highest BCUT2D eigenvalue weighted by molar-refractivity contribution is 5.91. The van der Waals surface area contributed by atoms with Gasteiger partial charge in [-0.25, -0.2) is 4.39 Å². The van der Waals surface area contributed by atoms with Gasteiger partial charge in [-0.15, -0.1) is 10.2 Å². The third kappa shape index (κ3) is 3.93. The molecule has 132 valence electrons. The summed E-state index contributed by atoms with van der Waals surface area (Å²) in [5.41, 5.74) is 0.975. The van der Waals surface area contributed by atoms with Crippen molar-refractivity contribution in [3.63, 3.8) is 0 Å². The lowest BCUT2D eigenvalue weighted by Gasteiger charge is -2.27. The van der Waals surface area contributed by atoms with Gasteiger partial charge in [-0.3, -0.25) is 4.79 Å². The number of hydrogen-bond acceptors (Lipinski definition) is 5. The number of aliphatic hydroxyl groups excluding tert-OH is 1. The Balaban J connectivity index is 1.69. The number of carbonyl (C=O) groups excluding carboxylic acids is 1. The smallest absolute Gasteiger partial charge is 0.271 e. The van der Waals surface area contributed by atoms with E-state index in [1.54, 1.807) is 31.3 Å². The molecule has 1 amide bonds. The summed E-state index contributed by atoms with van der Waals surface area (Å²) in [5.74, 6) is 0.107. The van der Waals surface area contributed by atoms with Crippen molar-refractivity contribution in [3.8, 4) is 0 Å². The number of rotatable bonds is 5. The van der Waals surface area contributed by atoms with Gasteiger partial charge < -0.3 is 15.3 Å². The zero-order valence-electron chi connectivity index (χ0n) is 14.0. The van der Waals surface area contributed by atoms with Gasteiger partial charge in [-0.2, -0.15) is 0 Å². The van der Waals surface area contributed by atoms with Crippen LogP contribution < -0.4 is 10.2 Å². The van der Waals surface area contributed by atoms with Gasteiger partial charge in [0, 0.05) is 19.6 Å². The highest BCUT2D eigenvalue weighted by atomic mass is 19.1. The summed E-state index contributed by atoms with van der Waals surface area (Å²) in [6, 6.07) is 9.48. The van der Waals surface area contributed by atoms with Crippen molar-refractivity contribution in [2.45, 2.75) is 31.4 Å². The van der Waals surface area contributed by atoms with Crippen LogP contribution in [-0.4, -0.2) is 40.8 Å². The predicted molar refractivity (Wildman–Crippen MR) is 91.8 cm³/mol. The predicted octanol–water partition coefficient (Wildman–Crippen LogP) is 2.07. The molecule has 0 unspecified atom stereocenters. The fourth-order valence-electron chi connectivity index (χ4n) is 3.19. The second-order valence-electron chi connectivity index (χ2n) is 6.15. The van der Waals surface area contributed by atoms with E-state index in [-0.39, 0.29) is 23.5 Å². The third-order valence-corrected chi connectivity index (χ3v) is 4.53. The van der Waals surface area contributed by atoms with Crippen molar-refractivity contribution in [2.75, 3.05) is 18.5 Å². The third-order valence-electron chi connectivity index (χ3n) is 4.53. The van der Waals surface area contributed by atoms with E-state index >= 15 is 0 Å². The van der Waals surface area contributed by atoms with E-state index in [1.165, 1.54) is 12.1 Å². The molecule has 1 aromatic heterocycles. The van der Waals surface area contributed by atoms with E-state index in [0.717, 1.165) is 19.4 Å². The summed E-state index contributed by atoms with van der Waals surface area (Å²) in [6.07, 6.45) is 1.81. The zero-order chi connectivity index (χ0) is 17.8. The fourth-order valence-corrected chi connectivity index (χ4v) is 3.19. The maximum absolute atomic E-state index is 13.0. The molecule has 1 aliphatic rings. The van der Waals surface area contributed by atoms with Gasteiger partial charge in [0.1, 0.15) is 5.82 Å². The van der Waals surface area contributed by atoms with Gasteiger partial charge in [-0.05, 0) is 49.1 Å². The Kier molecular flexibility index (Phi) is 5.23. The van der Waals surface area contributed by atoms with Crippen LogP contribution in [0.3, 0.4) is 0 Å². The molecule has 2 heterocycles. The molecule has 6 nitrogen and oxygen atoms in total. The van der Waals surface area contributed by atoms with Crippen LogP contribution in [0.1, 0.15) is 41.4 Å². The number of anilines is 1.